The van der Waals surface area contributed by atoms with Gasteiger partial charge in [0.15, 0.2) is 12.4 Å². The van der Waals surface area contributed by atoms with Crippen LogP contribution in [0.1, 0.15) is 78.1 Å². The lowest BCUT2D eigenvalue weighted by Crippen LogP contribution is -2.58. The van der Waals surface area contributed by atoms with Crippen LogP contribution in [0.25, 0.3) is 0 Å². The molecule has 0 unspecified atom stereocenters. The number of carboxylic acid groups (broad SMARTS) is 1. The Morgan fingerprint density at radius 1 is 1.03 bits per heavy atom. The first-order valence-corrected chi connectivity index (χ1v) is 13.0. The van der Waals surface area contributed by atoms with E-state index in [-0.39, 0.29) is 30.0 Å². The number of aliphatic carboxylic acids is 1. The number of ketones is 2. The summed E-state index contributed by atoms with van der Waals surface area (Å²) in [4.78, 5) is 59.4. The van der Waals surface area contributed by atoms with Crippen molar-refractivity contribution in [2.75, 3.05) is 13.2 Å². The number of rotatable bonds is 8. The first-order chi connectivity index (χ1) is 16.9. The lowest BCUT2D eigenvalue weighted by Gasteiger charge is -2.58. The van der Waals surface area contributed by atoms with Crippen molar-refractivity contribution >= 4 is 29.4 Å². The van der Waals surface area contributed by atoms with E-state index in [1.165, 1.54) is 5.57 Å². The minimum absolute atomic E-state index is 0.00909. The van der Waals surface area contributed by atoms with Crippen LogP contribution < -0.4 is 5.32 Å². The highest BCUT2D eigenvalue weighted by Crippen LogP contribution is 2.67. The van der Waals surface area contributed by atoms with Gasteiger partial charge in [-0.25, -0.2) is 0 Å². The molecule has 3 saturated carbocycles. The normalized spacial score (nSPS) is 37.1. The van der Waals surface area contributed by atoms with Gasteiger partial charge in [-0.05, 0) is 74.2 Å². The Morgan fingerprint density at radius 3 is 2.47 bits per heavy atom. The van der Waals surface area contributed by atoms with Crippen molar-refractivity contribution in [2.45, 2.75) is 83.7 Å². The summed E-state index contributed by atoms with van der Waals surface area (Å²) in [6.07, 6.45) is 7.32. The maximum Gasteiger partial charge on any atom is 0.322 e. The summed E-state index contributed by atoms with van der Waals surface area (Å²) >= 11 is 0. The largest absolute Gasteiger partial charge is 0.480 e. The highest BCUT2D eigenvalue weighted by molar-refractivity contribution is 5.92. The minimum atomic E-state index is -1.57. The molecule has 36 heavy (non-hydrogen) atoms. The number of carbonyl (C=O) groups excluding carboxylic acids is 4. The van der Waals surface area contributed by atoms with E-state index in [0.717, 1.165) is 32.1 Å². The highest BCUT2D eigenvalue weighted by atomic mass is 16.5. The monoisotopic (exact) mass is 503 g/mol. The Labute approximate surface area is 211 Å². The number of amides is 1. The van der Waals surface area contributed by atoms with E-state index in [1.54, 1.807) is 0 Å². The molecule has 9 heteroatoms. The average Bonchev–Trinajstić information content (AvgIpc) is 3.12. The van der Waals surface area contributed by atoms with Gasteiger partial charge in [-0.1, -0.05) is 19.4 Å². The maximum absolute atomic E-state index is 13.2. The number of hydrogen-bond acceptors (Lipinski definition) is 7. The summed E-state index contributed by atoms with van der Waals surface area (Å²) in [6.45, 7) is 3.22. The Kier molecular flexibility index (Phi) is 7.16. The predicted molar refractivity (Wildman–Crippen MR) is 128 cm³/mol. The third-order valence-corrected chi connectivity index (χ3v) is 9.93. The zero-order chi connectivity index (χ0) is 26.3. The van der Waals surface area contributed by atoms with Crippen molar-refractivity contribution in [2.24, 2.45) is 28.6 Å². The van der Waals surface area contributed by atoms with E-state index in [2.05, 4.69) is 12.2 Å². The standard InChI is InChI=1S/C27H37NO8/c1-25-10-7-17(29)13-16(25)3-4-18-19(25)8-11-26(2)20(18)9-12-27(26,35)21(30)15-36-24(34)6-5-22(31)28-14-23(32)33/h13,18-20,35H,3-12,14-15H2,1-2H3,(H,28,31)(H,32,33)/t18-,19+,20+,25+,26+,27+/m0/s1. The van der Waals surface area contributed by atoms with Crippen LogP contribution in [0.5, 0.6) is 0 Å². The molecule has 0 saturated heterocycles. The topological polar surface area (TPSA) is 147 Å². The van der Waals surface area contributed by atoms with Crippen LogP contribution >= 0.6 is 0 Å². The van der Waals surface area contributed by atoms with Gasteiger partial charge in [0, 0.05) is 18.3 Å². The van der Waals surface area contributed by atoms with Crippen molar-refractivity contribution in [3.05, 3.63) is 11.6 Å². The van der Waals surface area contributed by atoms with E-state index < -0.39 is 47.8 Å². The fourth-order valence-electron chi connectivity index (χ4n) is 7.85. The lowest BCUT2D eigenvalue weighted by atomic mass is 9.46. The van der Waals surface area contributed by atoms with Crippen molar-refractivity contribution in [1.82, 2.24) is 5.32 Å². The van der Waals surface area contributed by atoms with E-state index in [9.17, 15) is 29.1 Å². The van der Waals surface area contributed by atoms with E-state index in [4.69, 9.17) is 9.84 Å². The number of nitrogens with one attached hydrogen (secondary N) is 1. The molecule has 4 rings (SSSR count). The molecular formula is C27H37NO8. The molecule has 1 amide bonds. The van der Waals surface area contributed by atoms with Gasteiger partial charge < -0.3 is 20.3 Å². The van der Waals surface area contributed by atoms with E-state index in [1.807, 2.05) is 13.0 Å². The van der Waals surface area contributed by atoms with Crippen LogP contribution in [0.15, 0.2) is 11.6 Å². The molecule has 198 valence electrons. The Bertz CT molecular complexity index is 1000. The second-order valence-electron chi connectivity index (χ2n) is 11.6. The van der Waals surface area contributed by atoms with Gasteiger partial charge in [0.05, 0.1) is 6.42 Å². The smallest absolute Gasteiger partial charge is 0.322 e. The lowest BCUT2D eigenvalue weighted by molar-refractivity contribution is -0.170. The van der Waals surface area contributed by atoms with E-state index in [0.29, 0.717) is 31.1 Å². The van der Waals surface area contributed by atoms with Gasteiger partial charge in [0.2, 0.25) is 11.7 Å². The predicted octanol–water partition coefficient (Wildman–Crippen LogP) is 2.34. The molecule has 3 N–H and O–H groups in total. The molecule has 3 fully saturated rings. The number of aliphatic hydroxyl groups is 1. The number of Topliss-reactive ketones (excluding diaryl/α,β-unsaturated/α-hetero) is 1. The quantitative estimate of drug-likeness (QED) is 0.428. The second-order valence-corrected chi connectivity index (χ2v) is 11.6. The first kappa shape index (κ1) is 26.5. The third kappa shape index (κ3) is 4.51. The average molecular weight is 504 g/mol. The number of carboxylic acids is 1. The number of hydrogen-bond donors (Lipinski definition) is 3. The van der Waals surface area contributed by atoms with E-state index >= 15 is 0 Å². The molecule has 9 nitrogen and oxygen atoms in total. The zero-order valence-corrected chi connectivity index (χ0v) is 21.1. The van der Waals surface area contributed by atoms with Gasteiger partial charge >= 0.3 is 11.9 Å². The molecular weight excluding hydrogens is 466 g/mol. The fourth-order valence-corrected chi connectivity index (χ4v) is 7.85. The number of fused-ring (bicyclic) bond motifs is 5. The van der Waals surface area contributed by atoms with Crippen LogP contribution in [0.4, 0.5) is 0 Å². The molecule has 6 atom stereocenters. The van der Waals surface area contributed by atoms with Gasteiger partial charge in [-0.3, -0.25) is 24.0 Å². The third-order valence-electron chi connectivity index (χ3n) is 9.93. The van der Waals surface area contributed by atoms with Crippen molar-refractivity contribution < 1.29 is 38.9 Å². The van der Waals surface area contributed by atoms with Crippen LogP contribution in [0.3, 0.4) is 0 Å². The Hall–Kier alpha value is -2.55. The van der Waals surface area contributed by atoms with Crippen molar-refractivity contribution in [1.29, 1.82) is 0 Å². The van der Waals surface area contributed by atoms with Crippen LogP contribution in [0, 0.1) is 28.6 Å². The molecule has 0 heterocycles. The van der Waals surface area contributed by atoms with Crippen molar-refractivity contribution in [3.8, 4) is 0 Å². The van der Waals surface area contributed by atoms with Crippen molar-refractivity contribution in [3.63, 3.8) is 0 Å². The van der Waals surface area contributed by atoms with Gasteiger partial charge in [-0.2, -0.15) is 0 Å². The fraction of sp³-hybridized carbons (Fsp3) is 0.741. The first-order valence-electron chi connectivity index (χ1n) is 13.0. The summed E-state index contributed by atoms with van der Waals surface area (Å²) in [5, 5.41) is 22.4. The number of esters is 1. The number of ether oxygens (including phenoxy) is 1. The molecule has 0 radical (unpaired) electrons. The zero-order valence-electron chi connectivity index (χ0n) is 21.1. The summed E-state index contributed by atoms with van der Waals surface area (Å²) < 4.78 is 5.10. The van der Waals surface area contributed by atoms with Gasteiger partial charge in [0.25, 0.3) is 0 Å². The molecule has 0 spiro atoms. The molecule has 0 aliphatic heterocycles. The second kappa shape index (κ2) is 9.72. The molecule has 0 bridgehead atoms. The molecule has 0 aromatic heterocycles. The maximum atomic E-state index is 13.2. The van der Waals surface area contributed by atoms with Gasteiger partial charge in [-0.15, -0.1) is 0 Å². The van der Waals surface area contributed by atoms with Crippen LogP contribution in [0.2, 0.25) is 0 Å². The summed E-state index contributed by atoms with van der Waals surface area (Å²) in [6, 6.07) is 0. The summed E-state index contributed by atoms with van der Waals surface area (Å²) in [5.74, 6) is -1.79. The van der Waals surface area contributed by atoms with Crippen LogP contribution in [-0.2, 0) is 28.7 Å². The van der Waals surface area contributed by atoms with Crippen LogP contribution in [-0.4, -0.2) is 58.4 Å². The Balaban J connectivity index is 1.37. The highest BCUT2D eigenvalue weighted by Gasteiger charge is 2.66. The summed E-state index contributed by atoms with van der Waals surface area (Å²) in [5.41, 5.74) is -0.885. The molecule has 0 aromatic carbocycles. The SMILES string of the molecule is C[C@@]12CCC(=O)C=C1CC[C@H]1[C@H]2CC[C@]2(C)[C@@H]1CC[C@@]2(O)C(=O)COC(=O)CCC(=O)NCC(=O)O. The number of carbonyl (C=O) groups is 5. The minimum Gasteiger partial charge on any atom is -0.480 e. The molecule has 4 aliphatic carbocycles. The molecule has 0 aromatic rings. The summed E-state index contributed by atoms with van der Waals surface area (Å²) in [7, 11) is 0. The number of allylic oxidation sites excluding steroid dienone is 1. The van der Waals surface area contributed by atoms with Gasteiger partial charge in [0.1, 0.15) is 12.1 Å². The molecule has 4 aliphatic rings. The Morgan fingerprint density at radius 2 is 1.75 bits per heavy atom.